The molecule has 7 heteroatoms. The van der Waals surface area contributed by atoms with Gasteiger partial charge >= 0.3 is 0 Å². The van der Waals surface area contributed by atoms with Crippen LogP contribution < -0.4 is 10.1 Å². The average molecular weight is 452 g/mol. The number of nitrogens with one attached hydrogen (secondary N) is 1. The fourth-order valence-corrected chi connectivity index (χ4v) is 3.77. The van der Waals surface area contributed by atoms with Gasteiger partial charge in [-0.25, -0.2) is 9.67 Å². The zero-order valence-electron chi connectivity index (χ0n) is 18.9. The molecule has 5 rings (SSSR count). The number of amides is 1. The second-order valence-electron chi connectivity index (χ2n) is 8.14. The Morgan fingerprint density at radius 2 is 1.91 bits per heavy atom. The fraction of sp³-hybridized carbons (Fsp3) is 0.148. The minimum atomic E-state index is -0.123. The average Bonchev–Trinajstić information content (AvgIpc) is 3.53. The van der Waals surface area contributed by atoms with Crippen molar-refractivity contribution in [1.29, 1.82) is 0 Å². The van der Waals surface area contributed by atoms with E-state index < -0.39 is 0 Å². The molecular formula is C27H25N5O2. The first-order valence-corrected chi connectivity index (χ1v) is 11.2. The molecule has 0 atom stereocenters. The number of benzene rings is 2. The maximum Gasteiger partial charge on any atom is 0.251 e. The zero-order chi connectivity index (χ0) is 23.3. The number of aromatic nitrogens is 4. The van der Waals surface area contributed by atoms with Crippen LogP contribution in [0.3, 0.4) is 0 Å². The van der Waals surface area contributed by atoms with E-state index in [1.807, 2.05) is 77.1 Å². The van der Waals surface area contributed by atoms with Gasteiger partial charge in [0, 0.05) is 36.9 Å². The predicted octanol–water partition coefficient (Wildman–Crippen LogP) is 4.38. The van der Waals surface area contributed by atoms with E-state index in [1.165, 1.54) is 5.56 Å². The minimum absolute atomic E-state index is 0.123. The molecule has 34 heavy (non-hydrogen) atoms. The molecule has 0 aliphatic carbocycles. The molecule has 2 aromatic carbocycles. The van der Waals surface area contributed by atoms with Gasteiger partial charge in [-0.3, -0.25) is 4.79 Å². The Hall–Kier alpha value is -4.39. The van der Waals surface area contributed by atoms with Gasteiger partial charge < -0.3 is 14.5 Å². The summed E-state index contributed by atoms with van der Waals surface area (Å²) in [6.07, 6.45) is 8.40. The highest BCUT2D eigenvalue weighted by atomic mass is 16.5. The summed E-state index contributed by atoms with van der Waals surface area (Å²) in [7, 11) is 0. The molecular weight excluding hydrogens is 426 g/mol. The van der Waals surface area contributed by atoms with Gasteiger partial charge in [-0.05, 0) is 66.9 Å². The van der Waals surface area contributed by atoms with Crippen LogP contribution in [0.4, 0.5) is 0 Å². The van der Waals surface area contributed by atoms with E-state index in [0.29, 0.717) is 24.5 Å². The summed E-state index contributed by atoms with van der Waals surface area (Å²) in [5, 5.41) is 7.22. The van der Waals surface area contributed by atoms with Gasteiger partial charge in [0.1, 0.15) is 18.0 Å². The molecule has 3 aromatic heterocycles. The summed E-state index contributed by atoms with van der Waals surface area (Å²) >= 11 is 0. The highest BCUT2D eigenvalue weighted by Gasteiger charge is 2.08. The van der Waals surface area contributed by atoms with Crippen molar-refractivity contribution in [1.82, 2.24) is 24.5 Å². The van der Waals surface area contributed by atoms with Gasteiger partial charge in [0.25, 0.3) is 5.91 Å². The van der Waals surface area contributed by atoms with E-state index in [0.717, 1.165) is 29.0 Å². The third-order valence-electron chi connectivity index (χ3n) is 5.54. The van der Waals surface area contributed by atoms with Crippen molar-refractivity contribution in [2.45, 2.75) is 20.0 Å². The van der Waals surface area contributed by atoms with Gasteiger partial charge in [-0.2, -0.15) is 5.10 Å². The van der Waals surface area contributed by atoms with E-state index in [1.54, 1.807) is 18.3 Å². The summed E-state index contributed by atoms with van der Waals surface area (Å²) in [5.74, 6) is 0.511. The molecule has 0 unspecified atom stereocenters. The lowest BCUT2D eigenvalue weighted by Gasteiger charge is -2.09. The number of pyridine rings is 1. The third kappa shape index (κ3) is 4.99. The number of hydrogen-bond donors (Lipinski definition) is 1. The standard InChI is InChI=1S/C27H25N5O2/c1-20-6-11-26-30-23(18-31(26)17-20)19-34-25-5-2-4-22(16-25)27(33)28-14-12-21-7-9-24(10-8-21)32-15-3-13-29-32/h2-11,13,15-18H,12,14,19H2,1H3,(H,28,33). The Labute approximate surface area is 197 Å². The van der Waals surface area contributed by atoms with Crippen LogP contribution in [0, 0.1) is 6.92 Å². The minimum Gasteiger partial charge on any atom is -0.487 e. The highest BCUT2D eigenvalue weighted by molar-refractivity contribution is 5.94. The summed E-state index contributed by atoms with van der Waals surface area (Å²) in [6, 6.07) is 21.3. The van der Waals surface area contributed by atoms with Crippen LogP contribution in [0.15, 0.2) is 91.5 Å². The highest BCUT2D eigenvalue weighted by Crippen LogP contribution is 2.16. The molecule has 1 amide bonds. The number of nitrogens with zero attached hydrogens (tertiary/aromatic N) is 4. The lowest BCUT2D eigenvalue weighted by Crippen LogP contribution is -2.25. The van der Waals surface area contributed by atoms with Gasteiger partial charge in [0.2, 0.25) is 0 Å². The van der Waals surface area contributed by atoms with Crippen LogP contribution in [0.2, 0.25) is 0 Å². The number of hydrogen-bond acceptors (Lipinski definition) is 4. The summed E-state index contributed by atoms with van der Waals surface area (Å²) in [4.78, 5) is 17.2. The fourth-order valence-electron chi connectivity index (χ4n) is 3.77. The summed E-state index contributed by atoms with van der Waals surface area (Å²) in [5.41, 5.74) is 5.61. The summed E-state index contributed by atoms with van der Waals surface area (Å²) in [6.45, 7) is 2.93. The first-order chi connectivity index (χ1) is 16.6. The molecule has 5 aromatic rings. The number of carbonyl (C=O) groups is 1. The second kappa shape index (κ2) is 9.62. The quantitative estimate of drug-likeness (QED) is 0.380. The van der Waals surface area contributed by atoms with E-state index in [2.05, 4.69) is 27.5 Å². The van der Waals surface area contributed by atoms with E-state index in [4.69, 9.17) is 4.74 Å². The van der Waals surface area contributed by atoms with Crippen molar-refractivity contribution < 1.29 is 9.53 Å². The predicted molar refractivity (Wildman–Crippen MR) is 130 cm³/mol. The number of imidazole rings is 1. The molecule has 0 aliphatic rings. The Morgan fingerprint density at radius 1 is 1.03 bits per heavy atom. The lowest BCUT2D eigenvalue weighted by molar-refractivity contribution is 0.0953. The molecule has 3 heterocycles. The number of rotatable bonds is 8. The van der Waals surface area contributed by atoms with Crippen LogP contribution in [0.1, 0.15) is 27.2 Å². The van der Waals surface area contributed by atoms with Crippen molar-refractivity contribution in [3.8, 4) is 11.4 Å². The molecule has 170 valence electrons. The summed E-state index contributed by atoms with van der Waals surface area (Å²) < 4.78 is 9.70. The Kier molecular flexibility index (Phi) is 6.07. The van der Waals surface area contributed by atoms with Crippen molar-refractivity contribution in [3.63, 3.8) is 0 Å². The monoisotopic (exact) mass is 451 g/mol. The van der Waals surface area contributed by atoms with Crippen LogP contribution >= 0.6 is 0 Å². The number of aryl methyl sites for hydroxylation is 1. The van der Waals surface area contributed by atoms with Crippen molar-refractivity contribution in [2.75, 3.05) is 6.54 Å². The van der Waals surface area contributed by atoms with Crippen LogP contribution in [0.25, 0.3) is 11.3 Å². The molecule has 0 fully saturated rings. The topological polar surface area (TPSA) is 73.4 Å². The molecule has 0 spiro atoms. The number of fused-ring (bicyclic) bond motifs is 1. The molecule has 0 saturated carbocycles. The molecule has 0 bridgehead atoms. The SMILES string of the molecule is Cc1ccc2nc(COc3cccc(C(=O)NCCc4ccc(-n5cccn5)cc4)c3)cn2c1. The van der Waals surface area contributed by atoms with Gasteiger partial charge in [-0.1, -0.05) is 24.3 Å². The van der Waals surface area contributed by atoms with Crippen LogP contribution in [-0.4, -0.2) is 31.6 Å². The van der Waals surface area contributed by atoms with E-state index in [-0.39, 0.29) is 5.91 Å². The van der Waals surface area contributed by atoms with Gasteiger partial charge in [0.15, 0.2) is 0 Å². The third-order valence-corrected chi connectivity index (χ3v) is 5.54. The van der Waals surface area contributed by atoms with Crippen molar-refractivity contribution in [2.24, 2.45) is 0 Å². The van der Waals surface area contributed by atoms with Crippen LogP contribution in [0.5, 0.6) is 5.75 Å². The molecule has 7 nitrogen and oxygen atoms in total. The molecule has 0 radical (unpaired) electrons. The Balaban J connectivity index is 1.14. The van der Waals surface area contributed by atoms with Gasteiger partial charge in [-0.15, -0.1) is 0 Å². The number of ether oxygens (including phenoxy) is 1. The maximum absolute atomic E-state index is 12.6. The molecule has 0 saturated heterocycles. The smallest absolute Gasteiger partial charge is 0.251 e. The second-order valence-corrected chi connectivity index (χ2v) is 8.14. The largest absolute Gasteiger partial charge is 0.487 e. The molecule has 0 aliphatic heterocycles. The number of carbonyl (C=O) groups excluding carboxylic acids is 1. The lowest BCUT2D eigenvalue weighted by atomic mass is 10.1. The van der Waals surface area contributed by atoms with Crippen molar-refractivity contribution in [3.05, 3.63) is 114 Å². The normalized spacial score (nSPS) is 11.0. The first kappa shape index (κ1) is 21.5. The zero-order valence-corrected chi connectivity index (χ0v) is 18.9. The molecule has 1 N–H and O–H groups in total. The maximum atomic E-state index is 12.6. The first-order valence-electron chi connectivity index (χ1n) is 11.2. The van der Waals surface area contributed by atoms with Crippen LogP contribution in [-0.2, 0) is 13.0 Å². The Bertz CT molecular complexity index is 1410. The van der Waals surface area contributed by atoms with E-state index in [9.17, 15) is 4.79 Å². The Morgan fingerprint density at radius 3 is 2.74 bits per heavy atom. The van der Waals surface area contributed by atoms with Crippen molar-refractivity contribution >= 4 is 11.6 Å². The van der Waals surface area contributed by atoms with E-state index >= 15 is 0 Å². The van der Waals surface area contributed by atoms with Gasteiger partial charge in [0.05, 0.1) is 11.4 Å².